The van der Waals surface area contributed by atoms with E-state index in [1.165, 1.54) is 35.0 Å². The average Bonchev–Trinajstić information content (AvgIpc) is 3.76. The summed E-state index contributed by atoms with van der Waals surface area (Å²) in [5.74, 6) is 0.767. The maximum atomic E-state index is 13.1. The third-order valence-electron chi connectivity index (χ3n) is 12.0. The van der Waals surface area contributed by atoms with E-state index in [1.54, 1.807) is 104 Å². The lowest BCUT2D eigenvalue weighted by Crippen LogP contribution is -2.39. The number of nitrogens with one attached hydrogen (secondary N) is 2. The van der Waals surface area contributed by atoms with Gasteiger partial charge in [-0.3, -0.25) is 10.0 Å². The second-order valence-corrected chi connectivity index (χ2v) is 21.3. The zero-order chi connectivity index (χ0) is 50.9. The molecule has 3 heterocycles. The second-order valence-electron chi connectivity index (χ2n) is 17.5. The van der Waals surface area contributed by atoms with Crippen molar-refractivity contribution in [2.75, 3.05) is 34.0 Å². The van der Waals surface area contributed by atoms with Crippen molar-refractivity contribution in [2.24, 2.45) is 5.92 Å². The summed E-state index contributed by atoms with van der Waals surface area (Å²) < 4.78 is 81.8. The molecule has 0 aliphatic carbocycles. The van der Waals surface area contributed by atoms with E-state index in [0.29, 0.717) is 52.3 Å². The third kappa shape index (κ3) is 15.2. The van der Waals surface area contributed by atoms with Gasteiger partial charge in [0.05, 0.1) is 47.2 Å². The molecule has 5 aromatic rings. The van der Waals surface area contributed by atoms with Gasteiger partial charge in [-0.1, -0.05) is 67.4 Å². The fraction of sp³-hybridized carbons (Fsp3) is 0.353. The summed E-state index contributed by atoms with van der Waals surface area (Å²) in [4.78, 5) is 35.2. The van der Waals surface area contributed by atoms with Gasteiger partial charge in [0.25, 0.3) is 5.91 Å². The van der Waals surface area contributed by atoms with Crippen LogP contribution in [0.1, 0.15) is 86.6 Å². The van der Waals surface area contributed by atoms with Crippen molar-refractivity contribution in [3.63, 3.8) is 0 Å². The van der Waals surface area contributed by atoms with E-state index in [9.17, 15) is 31.2 Å². The normalized spacial score (nSPS) is 17.3. The molecule has 22 heteroatoms. The van der Waals surface area contributed by atoms with Gasteiger partial charge in [-0.05, 0) is 94.3 Å². The first-order valence-corrected chi connectivity index (χ1v) is 25.4. The number of methoxy groups -OCH3 is 2. The summed E-state index contributed by atoms with van der Waals surface area (Å²) in [6.07, 6.45) is 0. The molecule has 0 saturated carbocycles. The quantitative estimate of drug-likeness (QED) is 0.0799. The molecule has 73 heavy (non-hydrogen) atoms. The van der Waals surface area contributed by atoms with Crippen LogP contribution in [0.4, 0.5) is 0 Å². The molecular weight excluding hydrogens is 1040 g/mol. The minimum absolute atomic E-state index is 0. The first-order valence-electron chi connectivity index (χ1n) is 22.6. The number of carbonyl (C=O) groups excluding carboxylic acids is 3. The van der Waals surface area contributed by atoms with Crippen LogP contribution in [0, 0.1) is 19.8 Å². The summed E-state index contributed by atoms with van der Waals surface area (Å²) in [7, 11) is -4.66. The van der Waals surface area contributed by atoms with Crippen molar-refractivity contribution in [1.29, 1.82) is 0 Å². The number of hydrogen-bond donors (Lipinski definition) is 3. The molecule has 3 aliphatic rings. The van der Waals surface area contributed by atoms with Crippen LogP contribution in [-0.2, 0) is 49.2 Å². The molecule has 8 rings (SSSR count). The van der Waals surface area contributed by atoms with Gasteiger partial charge in [0.1, 0.15) is 37.1 Å². The number of sulfonamides is 2. The number of benzene rings is 5. The Morgan fingerprint density at radius 2 is 0.973 bits per heavy atom. The molecule has 1 amide bonds. The molecule has 398 valence electrons. The molecule has 0 aromatic heterocycles. The Labute approximate surface area is 449 Å². The molecule has 0 bridgehead atoms. The predicted molar refractivity (Wildman–Crippen MR) is 291 cm³/mol. The Kier molecular flexibility index (Phi) is 23.2. The molecule has 0 unspecified atom stereocenters. The number of hydroxylamine groups is 1. The van der Waals surface area contributed by atoms with Crippen LogP contribution < -0.4 is 25.0 Å². The molecule has 0 spiro atoms. The van der Waals surface area contributed by atoms with Crippen LogP contribution in [0.2, 0.25) is 0 Å². The van der Waals surface area contributed by atoms with Gasteiger partial charge in [0, 0.05) is 47.9 Å². The monoisotopic (exact) mass is 1100 g/mol. The van der Waals surface area contributed by atoms with E-state index in [2.05, 4.69) is 19.2 Å². The van der Waals surface area contributed by atoms with E-state index in [-0.39, 0.29) is 100 Å². The lowest BCUT2D eigenvalue weighted by molar-refractivity contribution is 0.0591. The fourth-order valence-corrected chi connectivity index (χ4v) is 10.8. The number of hydrogen-bond acceptors (Lipinski definition) is 14. The van der Waals surface area contributed by atoms with Gasteiger partial charge >= 0.3 is 11.9 Å². The topological polar surface area (TPSA) is 216 Å². The molecule has 0 fully saturated rings. The highest BCUT2D eigenvalue weighted by atomic mass is 32.2. The molecular formula is C51H66N4O13S5. The van der Waals surface area contributed by atoms with Crippen LogP contribution in [-0.4, -0.2) is 101 Å². The first kappa shape index (κ1) is 62.0. The van der Waals surface area contributed by atoms with Crippen molar-refractivity contribution in [3.05, 3.63) is 148 Å². The Morgan fingerprint density at radius 1 is 0.603 bits per heavy atom. The van der Waals surface area contributed by atoms with Gasteiger partial charge < -0.3 is 29.0 Å². The Balaban J connectivity index is 0.000000288. The summed E-state index contributed by atoms with van der Waals surface area (Å²) in [6, 6.07) is 28.1. The zero-order valence-corrected chi connectivity index (χ0v) is 46.6. The van der Waals surface area contributed by atoms with E-state index < -0.39 is 31.9 Å². The number of amides is 1. The minimum Gasteiger partial charge on any atom is -0.492 e. The highest BCUT2D eigenvalue weighted by Gasteiger charge is 2.34. The van der Waals surface area contributed by atoms with Crippen LogP contribution in [0.5, 0.6) is 17.2 Å². The summed E-state index contributed by atoms with van der Waals surface area (Å²) in [5, 5.41) is 12.2. The van der Waals surface area contributed by atoms with Crippen LogP contribution in [0.15, 0.2) is 113 Å². The van der Waals surface area contributed by atoms with Gasteiger partial charge in [-0.25, -0.2) is 31.9 Å². The average molecular weight is 1100 g/mol. The van der Waals surface area contributed by atoms with E-state index in [4.69, 9.17) is 28.9 Å². The van der Waals surface area contributed by atoms with Crippen LogP contribution in [0.25, 0.3) is 0 Å². The van der Waals surface area contributed by atoms with Crippen LogP contribution in [0.3, 0.4) is 0 Å². The molecule has 3 aliphatic heterocycles. The highest BCUT2D eigenvalue weighted by molar-refractivity contribution is 7.89. The lowest BCUT2D eigenvalue weighted by Gasteiger charge is -2.25. The highest BCUT2D eigenvalue weighted by Crippen LogP contribution is 2.32. The largest absolute Gasteiger partial charge is 0.492 e. The molecule has 17 nitrogen and oxygen atoms in total. The number of nitrogens with zero attached hydrogens (tertiary/aromatic N) is 2. The van der Waals surface area contributed by atoms with Gasteiger partial charge in [-0.2, -0.15) is 49.1 Å². The van der Waals surface area contributed by atoms with Gasteiger partial charge in [0.2, 0.25) is 20.0 Å². The van der Waals surface area contributed by atoms with Gasteiger partial charge in [0.15, 0.2) is 0 Å². The summed E-state index contributed by atoms with van der Waals surface area (Å²) in [6.45, 7) is 13.8. The lowest BCUT2D eigenvalue weighted by atomic mass is 10.1. The van der Waals surface area contributed by atoms with Crippen LogP contribution >= 0.6 is 40.5 Å². The number of rotatable bonds is 8. The second kappa shape index (κ2) is 27.3. The van der Waals surface area contributed by atoms with E-state index in [0.717, 1.165) is 29.0 Å². The van der Waals surface area contributed by atoms with Crippen molar-refractivity contribution >= 4 is 78.4 Å². The summed E-state index contributed by atoms with van der Waals surface area (Å²) >= 11 is 0. The van der Waals surface area contributed by atoms with Crippen molar-refractivity contribution in [1.82, 2.24) is 19.4 Å². The number of esters is 2. The van der Waals surface area contributed by atoms with Crippen molar-refractivity contribution < 1.29 is 60.1 Å². The SMILES string of the molecule is COC(=O)c1ccc2c(c1)OC[C@H](C(C)C)NC2.COC(=O)c1ccc2c(c1)OC[C@H](C)N(S(=O)(=O)c1ccc(C)cc1)C2.Cc1ccc(S(=O)(=O)N2Cc3ccc(C(=O)NO)cc3OC[C@@H]2C)cc1.S.S.S. The number of aryl methyl sites for hydroxylation is 2. The summed E-state index contributed by atoms with van der Waals surface area (Å²) in [5.41, 5.74) is 7.11. The number of carbonyl (C=O) groups is 3. The predicted octanol–water partition coefficient (Wildman–Crippen LogP) is 7.16. The van der Waals surface area contributed by atoms with E-state index >= 15 is 0 Å². The van der Waals surface area contributed by atoms with Crippen molar-refractivity contribution in [3.8, 4) is 17.2 Å². The number of fused-ring (bicyclic) bond motifs is 3. The maximum Gasteiger partial charge on any atom is 0.337 e. The zero-order valence-electron chi connectivity index (χ0n) is 41.9. The molecule has 0 saturated heterocycles. The standard InChI is InChI=1S/C19H21NO5S.C18H20N2O5S.C14H19NO3.3H2S/c1-13-4-8-17(9-5-13)26(22,23)20-11-16-7-6-15(19(21)24-3)10-18(16)25-12-14(20)2;1-12-3-7-16(8-4-12)26(23,24)20-10-15-6-5-14(18(21)19-22)9-17(15)25-11-13(20)2;1-9(2)12-8-18-13-6-10(14(16)17-3)4-5-11(13)7-15-12;;;/h4-10,14H,11-12H2,1-3H3;3-9,13,22H,10-11H2,1-2H3,(H,19,21);4-6,9,12,15H,7-8H2,1-3H3;3*1H2/t14-;13-;12-;;;/m001.../s1. The first-order chi connectivity index (χ1) is 33.3. The fourth-order valence-electron chi connectivity index (χ4n) is 7.65. The minimum atomic E-state index is -3.69. The Morgan fingerprint density at radius 3 is 1.37 bits per heavy atom. The molecule has 3 N–H and O–H groups in total. The maximum absolute atomic E-state index is 13.1. The molecule has 3 atom stereocenters. The van der Waals surface area contributed by atoms with E-state index in [1.807, 2.05) is 19.9 Å². The van der Waals surface area contributed by atoms with Crippen molar-refractivity contribution in [2.45, 2.75) is 89.1 Å². The van der Waals surface area contributed by atoms with Gasteiger partial charge in [-0.15, -0.1) is 0 Å². The smallest absolute Gasteiger partial charge is 0.337 e. The Bertz CT molecular complexity index is 2750. The molecule has 5 aromatic carbocycles. The number of ether oxygens (including phenoxy) is 5. The third-order valence-corrected chi connectivity index (χ3v) is 16.0. The molecule has 0 radical (unpaired) electrons. The Hall–Kier alpha value is -5.30.